The first-order valence-electron chi connectivity index (χ1n) is 5.33. The van der Waals surface area contributed by atoms with Crippen LogP contribution in [0.25, 0.3) is 0 Å². The minimum Gasteiger partial charge on any atom is -0.480 e. The van der Waals surface area contributed by atoms with Gasteiger partial charge < -0.3 is 21.3 Å². The Kier molecular flexibility index (Phi) is 6.67. The molecule has 0 aromatic rings. The topological polar surface area (TPSA) is 113 Å². The van der Waals surface area contributed by atoms with Gasteiger partial charge in [-0.3, -0.25) is 4.79 Å². The molecule has 0 saturated heterocycles. The van der Waals surface area contributed by atoms with Crippen molar-refractivity contribution >= 4 is 11.9 Å². The van der Waals surface area contributed by atoms with E-state index in [2.05, 4.69) is 5.32 Å². The monoisotopic (exact) mass is 232 g/mol. The number of amides is 1. The molecule has 5 N–H and O–H groups in total. The first kappa shape index (κ1) is 14.9. The summed E-state index contributed by atoms with van der Waals surface area (Å²) in [5, 5.41) is 19.7. The molecular weight excluding hydrogens is 212 g/mol. The Balaban J connectivity index is 4.34. The van der Waals surface area contributed by atoms with E-state index in [0.29, 0.717) is 0 Å². The molecule has 0 radical (unpaired) electrons. The molecule has 0 bridgehead atoms. The van der Waals surface area contributed by atoms with Crippen LogP contribution in [0.15, 0.2) is 0 Å². The number of hydrogen-bond acceptors (Lipinski definition) is 4. The average Bonchev–Trinajstić information content (AvgIpc) is 2.25. The van der Waals surface area contributed by atoms with Gasteiger partial charge in [0.1, 0.15) is 6.04 Å². The summed E-state index contributed by atoms with van der Waals surface area (Å²) in [6.45, 7) is 3.43. The van der Waals surface area contributed by atoms with Crippen molar-refractivity contribution in [1.29, 1.82) is 0 Å². The lowest BCUT2D eigenvalue weighted by Crippen LogP contribution is -2.50. The number of nitrogens with two attached hydrogens (primary N) is 1. The number of rotatable bonds is 7. The molecule has 0 aliphatic carbocycles. The number of carboxylic acids is 1. The van der Waals surface area contributed by atoms with Crippen molar-refractivity contribution in [2.45, 2.75) is 38.8 Å². The van der Waals surface area contributed by atoms with Gasteiger partial charge >= 0.3 is 5.97 Å². The number of hydrogen-bond donors (Lipinski definition) is 4. The van der Waals surface area contributed by atoms with Crippen LogP contribution in [0.2, 0.25) is 0 Å². The third-order valence-electron chi connectivity index (χ3n) is 2.59. The van der Waals surface area contributed by atoms with Crippen molar-refractivity contribution in [2.75, 3.05) is 6.61 Å². The lowest BCUT2D eigenvalue weighted by Gasteiger charge is -2.20. The van der Waals surface area contributed by atoms with E-state index in [1.165, 1.54) is 0 Å². The summed E-state index contributed by atoms with van der Waals surface area (Å²) in [4.78, 5) is 22.3. The van der Waals surface area contributed by atoms with Gasteiger partial charge in [-0.05, 0) is 5.92 Å². The molecule has 0 aromatic heterocycles. The minimum absolute atomic E-state index is 0.0106. The van der Waals surface area contributed by atoms with Crippen LogP contribution in [-0.2, 0) is 9.59 Å². The van der Waals surface area contributed by atoms with Crippen molar-refractivity contribution in [3.8, 4) is 0 Å². The molecule has 16 heavy (non-hydrogen) atoms. The highest BCUT2D eigenvalue weighted by molar-refractivity contribution is 5.86. The van der Waals surface area contributed by atoms with Gasteiger partial charge in [0, 0.05) is 13.0 Å². The maximum Gasteiger partial charge on any atom is 0.326 e. The molecular formula is C10H20N2O4. The summed E-state index contributed by atoms with van der Waals surface area (Å²) in [7, 11) is 0. The Labute approximate surface area is 94.8 Å². The first-order chi connectivity index (χ1) is 7.43. The number of aliphatic hydroxyl groups is 1. The smallest absolute Gasteiger partial charge is 0.326 e. The van der Waals surface area contributed by atoms with E-state index < -0.39 is 24.0 Å². The van der Waals surface area contributed by atoms with Crippen molar-refractivity contribution in [1.82, 2.24) is 5.32 Å². The summed E-state index contributed by atoms with van der Waals surface area (Å²) in [6, 6.07) is -1.79. The maximum absolute atomic E-state index is 11.6. The second-order valence-electron chi connectivity index (χ2n) is 3.82. The molecule has 0 aromatic carbocycles. The van der Waals surface area contributed by atoms with Crippen molar-refractivity contribution in [2.24, 2.45) is 11.7 Å². The van der Waals surface area contributed by atoms with E-state index in [1.807, 2.05) is 13.8 Å². The van der Waals surface area contributed by atoms with Crippen LogP contribution in [0.4, 0.5) is 0 Å². The molecule has 94 valence electrons. The summed E-state index contributed by atoms with van der Waals surface area (Å²) >= 11 is 0. The number of carbonyl (C=O) groups is 2. The van der Waals surface area contributed by atoms with E-state index in [9.17, 15) is 9.59 Å². The molecule has 0 saturated carbocycles. The van der Waals surface area contributed by atoms with Gasteiger partial charge in [-0.1, -0.05) is 20.3 Å². The number of aliphatic carboxylic acids is 1. The van der Waals surface area contributed by atoms with Crippen molar-refractivity contribution in [3.05, 3.63) is 0 Å². The lowest BCUT2D eigenvalue weighted by molar-refractivity contribution is -0.142. The molecule has 0 aliphatic rings. The second kappa shape index (κ2) is 7.19. The van der Waals surface area contributed by atoms with Crippen molar-refractivity contribution < 1.29 is 19.8 Å². The number of nitrogens with one attached hydrogen (secondary N) is 1. The Morgan fingerprint density at radius 2 is 2.00 bits per heavy atom. The molecule has 6 heteroatoms. The predicted octanol–water partition coefficient (Wildman–Crippen LogP) is -0.688. The van der Waals surface area contributed by atoms with Crippen LogP contribution in [0.5, 0.6) is 0 Å². The molecule has 1 amide bonds. The van der Waals surface area contributed by atoms with Crippen LogP contribution in [0.3, 0.4) is 0 Å². The largest absolute Gasteiger partial charge is 0.480 e. The lowest BCUT2D eigenvalue weighted by atomic mass is 9.99. The van der Waals surface area contributed by atoms with Gasteiger partial charge in [0.25, 0.3) is 0 Å². The normalized spacial score (nSPS) is 16.2. The van der Waals surface area contributed by atoms with E-state index in [1.54, 1.807) is 0 Å². The van der Waals surface area contributed by atoms with Crippen LogP contribution in [-0.4, -0.2) is 40.8 Å². The molecule has 0 rings (SSSR count). The highest BCUT2D eigenvalue weighted by Gasteiger charge is 2.25. The average molecular weight is 232 g/mol. The highest BCUT2D eigenvalue weighted by atomic mass is 16.4. The van der Waals surface area contributed by atoms with Crippen molar-refractivity contribution in [3.63, 3.8) is 0 Å². The third kappa shape index (κ3) is 4.59. The zero-order chi connectivity index (χ0) is 12.7. The fourth-order valence-electron chi connectivity index (χ4n) is 1.17. The van der Waals surface area contributed by atoms with Gasteiger partial charge in [-0.15, -0.1) is 0 Å². The quantitative estimate of drug-likeness (QED) is 0.464. The van der Waals surface area contributed by atoms with Crippen LogP contribution in [0.1, 0.15) is 26.7 Å². The third-order valence-corrected chi connectivity index (χ3v) is 2.59. The summed E-state index contributed by atoms with van der Waals surface area (Å²) in [6.07, 6.45) is 0.723. The number of carboxylic acid groups (broad SMARTS) is 1. The molecule has 0 fully saturated rings. The SMILES string of the molecule is CCC(C)[C@H](N)C(=O)N[C@H](CCO)C(=O)O. The molecule has 0 heterocycles. The highest BCUT2D eigenvalue weighted by Crippen LogP contribution is 2.05. The molecule has 0 aliphatic heterocycles. The summed E-state index contributed by atoms with van der Waals surface area (Å²) in [5.41, 5.74) is 5.65. The maximum atomic E-state index is 11.6. The minimum atomic E-state index is -1.17. The molecule has 0 spiro atoms. The number of aliphatic hydroxyl groups excluding tert-OH is 1. The second-order valence-corrected chi connectivity index (χ2v) is 3.82. The molecule has 3 atom stereocenters. The Morgan fingerprint density at radius 3 is 2.38 bits per heavy atom. The van der Waals surface area contributed by atoms with Crippen LogP contribution >= 0.6 is 0 Å². The van der Waals surface area contributed by atoms with E-state index in [-0.39, 0.29) is 18.9 Å². The number of carbonyl (C=O) groups excluding carboxylic acids is 1. The van der Waals surface area contributed by atoms with Gasteiger partial charge in [0.2, 0.25) is 5.91 Å². The predicted molar refractivity (Wildman–Crippen MR) is 58.7 cm³/mol. The van der Waals surface area contributed by atoms with Crippen LogP contribution in [0, 0.1) is 5.92 Å². The molecule has 1 unspecified atom stereocenters. The van der Waals surface area contributed by atoms with E-state index >= 15 is 0 Å². The van der Waals surface area contributed by atoms with E-state index in [0.717, 1.165) is 6.42 Å². The summed E-state index contributed by atoms with van der Waals surface area (Å²) in [5.74, 6) is -1.67. The Bertz CT molecular complexity index is 245. The fraction of sp³-hybridized carbons (Fsp3) is 0.800. The fourth-order valence-corrected chi connectivity index (χ4v) is 1.17. The zero-order valence-electron chi connectivity index (χ0n) is 9.64. The summed E-state index contributed by atoms with van der Waals surface area (Å²) < 4.78 is 0. The molecule has 6 nitrogen and oxygen atoms in total. The first-order valence-corrected chi connectivity index (χ1v) is 5.33. The van der Waals surface area contributed by atoms with Crippen LogP contribution < -0.4 is 11.1 Å². The zero-order valence-corrected chi connectivity index (χ0v) is 9.64. The van der Waals surface area contributed by atoms with Gasteiger partial charge in [-0.2, -0.15) is 0 Å². The Morgan fingerprint density at radius 1 is 1.44 bits per heavy atom. The standard InChI is InChI=1S/C10H20N2O4/c1-3-6(2)8(11)9(14)12-7(4-5-13)10(15)16/h6-8,13H,3-5,11H2,1-2H3,(H,12,14)(H,15,16)/t6?,7-,8+/m1/s1. The van der Waals surface area contributed by atoms with Gasteiger partial charge in [-0.25, -0.2) is 4.79 Å². The van der Waals surface area contributed by atoms with Gasteiger partial charge in [0.05, 0.1) is 6.04 Å². The van der Waals surface area contributed by atoms with Gasteiger partial charge in [0.15, 0.2) is 0 Å². The Hall–Kier alpha value is -1.14. The van der Waals surface area contributed by atoms with E-state index in [4.69, 9.17) is 15.9 Å².